The number of benzene rings is 2. The van der Waals surface area contributed by atoms with E-state index >= 15 is 0 Å². The number of likely N-dealkylation sites (tertiary alicyclic amines) is 1. The van der Waals surface area contributed by atoms with Gasteiger partial charge in [-0.25, -0.2) is 0 Å². The summed E-state index contributed by atoms with van der Waals surface area (Å²) in [6, 6.07) is 15.6. The standard InChI is InChI=1S/C25H27ClN4O3S/c1-3-33-24(32)19-11-13-29(14-12-19)22(31)16-34-25-28-27-23(18-7-9-20(26)10-8-18)30(25)21-6-4-5-17(2)15-21/h4-10,15,19H,3,11-14,16H2,1-2H3. The van der Waals surface area contributed by atoms with Crippen LogP contribution in [0.15, 0.2) is 53.7 Å². The third-order valence-electron chi connectivity index (χ3n) is 5.79. The first-order valence-electron chi connectivity index (χ1n) is 11.3. The molecule has 0 radical (unpaired) electrons. The Hall–Kier alpha value is -2.84. The molecule has 34 heavy (non-hydrogen) atoms. The zero-order valence-electron chi connectivity index (χ0n) is 19.2. The minimum atomic E-state index is -0.162. The molecule has 3 aromatic rings. The van der Waals surface area contributed by atoms with Gasteiger partial charge in [-0.3, -0.25) is 14.2 Å². The molecule has 7 nitrogen and oxygen atoms in total. The van der Waals surface area contributed by atoms with Gasteiger partial charge in [0.05, 0.1) is 18.3 Å². The Kier molecular flexibility index (Phi) is 7.90. The van der Waals surface area contributed by atoms with Gasteiger partial charge in [0.15, 0.2) is 11.0 Å². The Morgan fingerprint density at radius 1 is 1.12 bits per heavy atom. The molecule has 2 aromatic carbocycles. The highest BCUT2D eigenvalue weighted by atomic mass is 35.5. The summed E-state index contributed by atoms with van der Waals surface area (Å²) in [5.41, 5.74) is 2.93. The Balaban J connectivity index is 1.49. The number of hydrogen-bond donors (Lipinski definition) is 0. The monoisotopic (exact) mass is 498 g/mol. The Morgan fingerprint density at radius 3 is 2.53 bits per heavy atom. The molecule has 1 aliphatic rings. The summed E-state index contributed by atoms with van der Waals surface area (Å²) in [4.78, 5) is 26.7. The van der Waals surface area contributed by atoms with Crippen LogP contribution < -0.4 is 0 Å². The zero-order chi connectivity index (χ0) is 24.1. The predicted molar refractivity (Wildman–Crippen MR) is 133 cm³/mol. The van der Waals surface area contributed by atoms with Crippen LogP contribution in [-0.4, -0.2) is 57.0 Å². The molecule has 0 atom stereocenters. The predicted octanol–water partition coefficient (Wildman–Crippen LogP) is 4.79. The van der Waals surface area contributed by atoms with Gasteiger partial charge in [0.25, 0.3) is 0 Å². The SMILES string of the molecule is CCOC(=O)C1CCN(C(=O)CSc2nnc(-c3ccc(Cl)cc3)n2-c2cccc(C)c2)CC1. The normalized spacial score (nSPS) is 14.3. The molecule has 0 N–H and O–H groups in total. The van der Waals surface area contributed by atoms with E-state index in [1.165, 1.54) is 11.8 Å². The van der Waals surface area contributed by atoms with Crippen molar-refractivity contribution in [1.29, 1.82) is 0 Å². The maximum absolute atomic E-state index is 12.9. The topological polar surface area (TPSA) is 77.3 Å². The molecular weight excluding hydrogens is 472 g/mol. The second kappa shape index (κ2) is 11.1. The average molecular weight is 499 g/mol. The van der Waals surface area contributed by atoms with E-state index in [2.05, 4.69) is 16.3 Å². The molecule has 2 heterocycles. The van der Waals surface area contributed by atoms with Crippen molar-refractivity contribution in [1.82, 2.24) is 19.7 Å². The van der Waals surface area contributed by atoms with Crippen molar-refractivity contribution in [3.8, 4) is 17.1 Å². The van der Waals surface area contributed by atoms with Crippen LogP contribution >= 0.6 is 23.4 Å². The number of piperidine rings is 1. The van der Waals surface area contributed by atoms with Gasteiger partial charge in [-0.2, -0.15) is 0 Å². The fourth-order valence-electron chi connectivity index (χ4n) is 3.99. The van der Waals surface area contributed by atoms with Crippen molar-refractivity contribution in [2.45, 2.75) is 31.8 Å². The molecule has 1 saturated heterocycles. The van der Waals surface area contributed by atoms with E-state index in [9.17, 15) is 9.59 Å². The molecule has 1 aromatic heterocycles. The maximum atomic E-state index is 12.9. The van der Waals surface area contributed by atoms with E-state index < -0.39 is 0 Å². The summed E-state index contributed by atoms with van der Waals surface area (Å²) in [5, 5.41) is 10.1. The number of amides is 1. The number of nitrogens with zero attached hydrogens (tertiary/aromatic N) is 4. The quantitative estimate of drug-likeness (QED) is 0.344. The van der Waals surface area contributed by atoms with Crippen LogP contribution in [0.5, 0.6) is 0 Å². The molecule has 0 aliphatic carbocycles. The van der Waals surface area contributed by atoms with E-state index in [1.54, 1.807) is 0 Å². The van der Waals surface area contributed by atoms with Crippen molar-refractivity contribution in [3.05, 3.63) is 59.1 Å². The lowest BCUT2D eigenvalue weighted by Crippen LogP contribution is -2.41. The molecule has 0 saturated carbocycles. The fourth-order valence-corrected chi connectivity index (χ4v) is 4.97. The summed E-state index contributed by atoms with van der Waals surface area (Å²) in [6.07, 6.45) is 1.27. The number of carbonyl (C=O) groups is 2. The van der Waals surface area contributed by atoms with E-state index in [4.69, 9.17) is 16.3 Å². The Morgan fingerprint density at radius 2 is 1.85 bits per heavy atom. The van der Waals surface area contributed by atoms with Crippen LogP contribution in [0.3, 0.4) is 0 Å². The van der Waals surface area contributed by atoms with Crippen LogP contribution in [0.25, 0.3) is 17.1 Å². The van der Waals surface area contributed by atoms with Crippen molar-refractivity contribution in [2.75, 3.05) is 25.4 Å². The Bertz CT molecular complexity index is 1160. The zero-order valence-corrected chi connectivity index (χ0v) is 20.8. The number of aryl methyl sites for hydroxylation is 1. The van der Waals surface area contributed by atoms with Crippen molar-refractivity contribution in [2.24, 2.45) is 5.92 Å². The van der Waals surface area contributed by atoms with Crippen molar-refractivity contribution in [3.63, 3.8) is 0 Å². The number of halogens is 1. The summed E-state index contributed by atoms with van der Waals surface area (Å²) < 4.78 is 7.09. The van der Waals surface area contributed by atoms with Crippen LogP contribution in [0, 0.1) is 12.8 Å². The number of aromatic nitrogens is 3. The molecule has 1 aliphatic heterocycles. The second-order valence-electron chi connectivity index (χ2n) is 8.18. The van der Waals surface area contributed by atoms with Gasteiger partial charge in [0.1, 0.15) is 0 Å². The first-order chi connectivity index (χ1) is 16.5. The van der Waals surface area contributed by atoms with Crippen molar-refractivity contribution >= 4 is 35.2 Å². The van der Waals surface area contributed by atoms with Crippen LogP contribution in [0.2, 0.25) is 5.02 Å². The second-order valence-corrected chi connectivity index (χ2v) is 9.56. The van der Waals surface area contributed by atoms with Gasteiger partial charge >= 0.3 is 5.97 Å². The summed E-state index contributed by atoms with van der Waals surface area (Å²) in [6.45, 7) is 5.34. The smallest absolute Gasteiger partial charge is 0.309 e. The van der Waals surface area contributed by atoms with Gasteiger partial charge < -0.3 is 9.64 Å². The number of hydrogen-bond acceptors (Lipinski definition) is 6. The summed E-state index contributed by atoms with van der Waals surface area (Å²) in [7, 11) is 0. The number of carbonyl (C=O) groups excluding carboxylic acids is 2. The van der Waals surface area contributed by atoms with Gasteiger partial charge in [-0.1, -0.05) is 35.5 Å². The Labute approximate surface area is 208 Å². The van der Waals surface area contributed by atoms with Gasteiger partial charge in [-0.15, -0.1) is 10.2 Å². The molecule has 4 rings (SSSR count). The van der Waals surface area contributed by atoms with E-state index in [-0.39, 0.29) is 23.5 Å². The number of rotatable bonds is 7. The average Bonchev–Trinajstić information content (AvgIpc) is 3.27. The molecule has 0 unspecified atom stereocenters. The number of esters is 1. The maximum Gasteiger partial charge on any atom is 0.309 e. The van der Waals surface area contributed by atoms with E-state index in [0.29, 0.717) is 48.5 Å². The first-order valence-corrected chi connectivity index (χ1v) is 12.7. The number of ether oxygens (including phenoxy) is 1. The molecule has 1 fully saturated rings. The third-order valence-corrected chi connectivity index (χ3v) is 6.95. The highest BCUT2D eigenvalue weighted by molar-refractivity contribution is 7.99. The molecule has 0 spiro atoms. The van der Waals surface area contributed by atoms with E-state index in [1.807, 2.05) is 65.8 Å². The van der Waals surface area contributed by atoms with Crippen LogP contribution in [0.4, 0.5) is 0 Å². The lowest BCUT2D eigenvalue weighted by atomic mass is 9.97. The fraction of sp³-hybridized carbons (Fsp3) is 0.360. The molecule has 178 valence electrons. The highest BCUT2D eigenvalue weighted by Gasteiger charge is 2.28. The molecule has 9 heteroatoms. The highest BCUT2D eigenvalue weighted by Crippen LogP contribution is 2.29. The lowest BCUT2D eigenvalue weighted by molar-refractivity contribution is -0.151. The van der Waals surface area contributed by atoms with E-state index in [0.717, 1.165) is 16.8 Å². The van der Waals surface area contributed by atoms with Gasteiger partial charge in [-0.05, 0) is 68.7 Å². The first kappa shape index (κ1) is 24.3. The lowest BCUT2D eigenvalue weighted by Gasteiger charge is -2.30. The minimum absolute atomic E-state index is 0.0270. The summed E-state index contributed by atoms with van der Waals surface area (Å²) in [5.74, 6) is 0.675. The summed E-state index contributed by atoms with van der Waals surface area (Å²) >= 11 is 7.43. The largest absolute Gasteiger partial charge is 0.466 e. The van der Waals surface area contributed by atoms with Gasteiger partial charge in [0, 0.05) is 29.4 Å². The van der Waals surface area contributed by atoms with Crippen LogP contribution in [0.1, 0.15) is 25.3 Å². The van der Waals surface area contributed by atoms with Crippen LogP contribution in [-0.2, 0) is 14.3 Å². The molecule has 1 amide bonds. The van der Waals surface area contributed by atoms with Gasteiger partial charge in [0.2, 0.25) is 5.91 Å². The number of thioether (sulfide) groups is 1. The minimum Gasteiger partial charge on any atom is -0.466 e. The molecule has 0 bridgehead atoms. The molecular formula is C25H27ClN4O3S. The third kappa shape index (κ3) is 5.62. The van der Waals surface area contributed by atoms with Crippen molar-refractivity contribution < 1.29 is 14.3 Å².